The third-order valence-corrected chi connectivity index (χ3v) is 2.98. The van der Waals surface area contributed by atoms with Gasteiger partial charge in [-0.1, -0.05) is 26.3 Å². The molecule has 0 aliphatic carbocycles. The lowest BCUT2D eigenvalue weighted by Crippen LogP contribution is -2.13. The summed E-state index contributed by atoms with van der Waals surface area (Å²) in [4.78, 5) is 0. The molecule has 1 atom stereocenters. The van der Waals surface area contributed by atoms with Crippen LogP contribution in [0.5, 0.6) is 0 Å². The topological polar surface area (TPSA) is 12.0 Å². The summed E-state index contributed by atoms with van der Waals surface area (Å²) in [7, 11) is 0. The average Bonchev–Trinajstić information content (AvgIpc) is 2.27. The maximum Gasteiger partial charge on any atom is 0.416 e. The SMILES string of the molecule is CCCC(C)CNc1ccc(C)c(C(F)(F)F)c1. The van der Waals surface area contributed by atoms with Crippen LogP contribution in [0, 0.1) is 12.8 Å². The Labute approximate surface area is 106 Å². The van der Waals surface area contributed by atoms with Crippen molar-refractivity contribution < 1.29 is 13.2 Å². The monoisotopic (exact) mass is 259 g/mol. The highest BCUT2D eigenvalue weighted by Gasteiger charge is 2.32. The largest absolute Gasteiger partial charge is 0.416 e. The van der Waals surface area contributed by atoms with Crippen molar-refractivity contribution in [1.82, 2.24) is 0 Å². The van der Waals surface area contributed by atoms with Crippen LogP contribution in [0.25, 0.3) is 0 Å². The molecule has 0 aromatic heterocycles. The molecule has 1 rings (SSSR count). The van der Waals surface area contributed by atoms with Gasteiger partial charge >= 0.3 is 6.18 Å². The Bertz CT molecular complexity index is 385. The zero-order chi connectivity index (χ0) is 13.8. The Balaban J connectivity index is 2.74. The summed E-state index contributed by atoms with van der Waals surface area (Å²) in [5.74, 6) is 0.464. The van der Waals surface area contributed by atoms with E-state index in [2.05, 4.69) is 19.2 Å². The second-order valence-electron chi connectivity index (χ2n) is 4.80. The molecule has 0 amide bonds. The van der Waals surface area contributed by atoms with Crippen molar-refractivity contribution in [3.05, 3.63) is 29.3 Å². The highest BCUT2D eigenvalue weighted by molar-refractivity contribution is 5.49. The number of nitrogens with one attached hydrogen (secondary N) is 1. The zero-order valence-electron chi connectivity index (χ0n) is 11.1. The molecule has 0 bridgehead atoms. The quantitative estimate of drug-likeness (QED) is 0.796. The fraction of sp³-hybridized carbons (Fsp3) is 0.571. The van der Waals surface area contributed by atoms with Crippen molar-refractivity contribution in [2.24, 2.45) is 5.92 Å². The van der Waals surface area contributed by atoms with Crippen molar-refractivity contribution >= 4 is 5.69 Å². The lowest BCUT2D eigenvalue weighted by Gasteiger charge is -2.15. The summed E-state index contributed by atoms with van der Waals surface area (Å²) in [5.41, 5.74) is 0.237. The Hall–Kier alpha value is -1.19. The maximum atomic E-state index is 12.7. The lowest BCUT2D eigenvalue weighted by molar-refractivity contribution is -0.138. The fourth-order valence-electron chi connectivity index (χ4n) is 1.92. The minimum absolute atomic E-state index is 0.259. The smallest absolute Gasteiger partial charge is 0.385 e. The van der Waals surface area contributed by atoms with Gasteiger partial charge in [-0.05, 0) is 37.0 Å². The molecule has 18 heavy (non-hydrogen) atoms. The number of halogens is 3. The van der Waals surface area contributed by atoms with Gasteiger partial charge in [-0.15, -0.1) is 0 Å². The van der Waals surface area contributed by atoms with Crippen LogP contribution in [0.3, 0.4) is 0 Å². The minimum atomic E-state index is -4.28. The molecular formula is C14H20F3N. The molecule has 102 valence electrons. The van der Waals surface area contributed by atoms with Crippen molar-refractivity contribution in [3.63, 3.8) is 0 Å². The van der Waals surface area contributed by atoms with Gasteiger partial charge in [0, 0.05) is 12.2 Å². The molecule has 0 heterocycles. The van der Waals surface area contributed by atoms with E-state index in [1.54, 1.807) is 6.07 Å². The molecule has 1 unspecified atom stereocenters. The van der Waals surface area contributed by atoms with E-state index < -0.39 is 11.7 Å². The minimum Gasteiger partial charge on any atom is -0.385 e. The predicted molar refractivity (Wildman–Crippen MR) is 68.7 cm³/mol. The van der Waals surface area contributed by atoms with Gasteiger partial charge in [0.15, 0.2) is 0 Å². The molecule has 1 aromatic rings. The van der Waals surface area contributed by atoms with E-state index in [0.29, 0.717) is 18.2 Å². The number of anilines is 1. The highest BCUT2D eigenvalue weighted by atomic mass is 19.4. The normalized spacial score (nSPS) is 13.4. The lowest BCUT2D eigenvalue weighted by atomic mass is 10.1. The van der Waals surface area contributed by atoms with Gasteiger partial charge < -0.3 is 5.32 Å². The number of aryl methyl sites for hydroxylation is 1. The maximum absolute atomic E-state index is 12.7. The molecule has 0 saturated carbocycles. The number of rotatable bonds is 5. The first-order valence-electron chi connectivity index (χ1n) is 6.26. The Morgan fingerprint density at radius 1 is 1.28 bits per heavy atom. The van der Waals surface area contributed by atoms with Crippen molar-refractivity contribution in [2.45, 2.75) is 39.8 Å². The molecule has 0 radical (unpaired) electrons. The van der Waals surface area contributed by atoms with Gasteiger partial charge in [-0.25, -0.2) is 0 Å². The van der Waals surface area contributed by atoms with Crippen LogP contribution in [0.4, 0.5) is 18.9 Å². The summed E-state index contributed by atoms with van der Waals surface area (Å²) in [5, 5.41) is 3.07. The van der Waals surface area contributed by atoms with Gasteiger partial charge in [-0.2, -0.15) is 13.2 Å². The number of hydrogen-bond acceptors (Lipinski definition) is 1. The van der Waals surface area contributed by atoms with Gasteiger partial charge in [0.1, 0.15) is 0 Å². The fourth-order valence-corrected chi connectivity index (χ4v) is 1.92. The average molecular weight is 259 g/mol. The summed E-state index contributed by atoms with van der Waals surface area (Å²) >= 11 is 0. The summed E-state index contributed by atoms with van der Waals surface area (Å²) in [6.07, 6.45) is -2.12. The van der Waals surface area contributed by atoms with E-state index in [-0.39, 0.29) is 5.56 Å². The van der Waals surface area contributed by atoms with E-state index in [4.69, 9.17) is 0 Å². The number of benzene rings is 1. The molecule has 0 saturated heterocycles. The van der Waals surface area contributed by atoms with Gasteiger partial charge in [0.2, 0.25) is 0 Å². The third kappa shape index (κ3) is 4.24. The second-order valence-corrected chi connectivity index (χ2v) is 4.80. The number of hydrogen-bond donors (Lipinski definition) is 1. The molecule has 1 nitrogen and oxygen atoms in total. The van der Waals surface area contributed by atoms with Crippen LogP contribution in [0.15, 0.2) is 18.2 Å². The Kier molecular flexibility index (Phi) is 5.05. The van der Waals surface area contributed by atoms with Gasteiger partial charge in [-0.3, -0.25) is 0 Å². The predicted octanol–water partition coefficient (Wildman–Crippen LogP) is 4.86. The molecular weight excluding hydrogens is 239 g/mol. The van der Waals surface area contributed by atoms with E-state index in [0.717, 1.165) is 12.8 Å². The highest BCUT2D eigenvalue weighted by Crippen LogP contribution is 2.33. The molecule has 0 aliphatic heterocycles. The van der Waals surface area contributed by atoms with E-state index >= 15 is 0 Å². The molecule has 4 heteroatoms. The Morgan fingerprint density at radius 3 is 2.50 bits per heavy atom. The summed E-state index contributed by atoms with van der Waals surface area (Å²) in [6.45, 7) is 6.38. The standard InChI is InChI=1S/C14H20F3N/c1-4-5-10(2)9-18-12-7-6-11(3)13(8-12)14(15,16)17/h6-8,10,18H,4-5,9H2,1-3H3. The Morgan fingerprint density at radius 2 is 1.94 bits per heavy atom. The molecule has 0 aliphatic rings. The van der Waals surface area contributed by atoms with E-state index in [9.17, 15) is 13.2 Å². The van der Waals surface area contributed by atoms with E-state index in [1.807, 2.05) is 0 Å². The van der Waals surface area contributed by atoms with Crippen molar-refractivity contribution in [3.8, 4) is 0 Å². The van der Waals surface area contributed by atoms with Crippen LogP contribution in [-0.4, -0.2) is 6.54 Å². The number of alkyl halides is 3. The molecule has 0 fully saturated rings. The summed E-state index contributed by atoms with van der Waals surface area (Å²) in [6, 6.07) is 4.40. The van der Waals surface area contributed by atoms with Crippen LogP contribution in [0.1, 0.15) is 37.8 Å². The van der Waals surface area contributed by atoms with Gasteiger partial charge in [0.05, 0.1) is 5.56 Å². The third-order valence-electron chi connectivity index (χ3n) is 2.98. The van der Waals surface area contributed by atoms with E-state index in [1.165, 1.54) is 19.1 Å². The molecule has 1 aromatic carbocycles. The summed E-state index contributed by atoms with van der Waals surface area (Å²) < 4.78 is 38.2. The first kappa shape index (κ1) is 14.9. The van der Waals surface area contributed by atoms with Crippen LogP contribution in [0.2, 0.25) is 0 Å². The van der Waals surface area contributed by atoms with Gasteiger partial charge in [0.25, 0.3) is 0 Å². The molecule has 0 spiro atoms. The first-order valence-corrected chi connectivity index (χ1v) is 6.26. The zero-order valence-corrected chi connectivity index (χ0v) is 11.1. The van der Waals surface area contributed by atoms with Crippen molar-refractivity contribution in [1.29, 1.82) is 0 Å². The first-order chi connectivity index (χ1) is 8.34. The van der Waals surface area contributed by atoms with Crippen molar-refractivity contribution in [2.75, 3.05) is 11.9 Å². The van der Waals surface area contributed by atoms with Crippen LogP contribution < -0.4 is 5.32 Å². The molecule has 1 N–H and O–H groups in total. The van der Waals surface area contributed by atoms with Crippen LogP contribution >= 0.6 is 0 Å². The van der Waals surface area contributed by atoms with Crippen LogP contribution in [-0.2, 0) is 6.18 Å². The second kappa shape index (κ2) is 6.12.